The maximum Gasteiger partial charge on any atom is 0.129 e. The highest BCUT2D eigenvalue weighted by Gasteiger charge is 2.25. The first kappa shape index (κ1) is 12.4. The van der Waals surface area contributed by atoms with Crippen molar-refractivity contribution in [2.45, 2.75) is 45.7 Å². The fourth-order valence-corrected chi connectivity index (χ4v) is 2.53. The van der Waals surface area contributed by atoms with Crippen LogP contribution < -0.4 is 10.6 Å². The lowest BCUT2D eigenvalue weighted by molar-refractivity contribution is 0.361. The van der Waals surface area contributed by atoms with E-state index in [2.05, 4.69) is 29.8 Å². The third kappa shape index (κ3) is 2.60. The summed E-state index contributed by atoms with van der Waals surface area (Å²) >= 11 is 0. The average Bonchev–Trinajstić information content (AvgIpc) is 2.33. The number of hydrogen-bond acceptors (Lipinski definition) is 3. The SMILES string of the molecule is CC1CCCN(c2cc([C@@H](C)N)ccn2)C1C. The van der Waals surface area contributed by atoms with Gasteiger partial charge in [-0.2, -0.15) is 0 Å². The molecular formula is C14H23N3. The standard InChI is InChI=1S/C14H23N3/c1-10-5-4-8-17(12(10)3)14-9-13(11(2)15)6-7-16-14/h6-7,9-12H,4-5,8,15H2,1-3H3/t10?,11-,12?/m1/s1. The molecule has 2 rings (SSSR count). The molecular weight excluding hydrogens is 210 g/mol. The monoisotopic (exact) mass is 233 g/mol. The van der Waals surface area contributed by atoms with Gasteiger partial charge in [-0.1, -0.05) is 6.92 Å². The molecule has 1 saturated heterocycles. The fraction of sp³-hybridized carbons (Fsp3) is 0.643. The molecule has 0 aliphatic carbocycles. The number of anilines is 1. The largest absolute Gasteiger partial charge is 0.354 e. The van der Waals surface area contributed by atoms with Crippen LogP contribution in [0.3, 0.4) is 0 Å². The van der Waals surface area contributed by atoms with Crippen molar-refractivity contribution >= 4 is 5.82 Å². The second-order valence-corrected chi connectivity index (χ2v) is 5.29. The van der Waals surface area contributed by atoms with Gasteiger partial charge in [0.25, 0.3) is 0 Å². The molecule has 94 valence electrons. The summed E-state index contributed by atoms with van der Waals surface area (Å²) in [6.07, 6.45) is 4.46. The predicted octanol–water partition coefficient (Wildman–Crippen LogP) is 2.73. The molecule has 0 saturated carbocycles. The summed E-state index contributed by atoms with van der Waals surface area (Å²) < 4.78 is 0. The molecule has 17 heavy (non-hydrogen) atoms. The Labute approximate surface area is 104 Å². The number of pyridine rings is 1. The van der Waals surface area contributed by atoms with Gasteiger partial charge in [-0.3, -0.25) is 0 Å². The summed E-state index contributed by atoms with van der Waals surface area (Å²) in [5.74, 6) is 1.82. The second-order valence-electron chi connectivity index (χ2n) is 5.29. The fourth-order valence-electron chi connectivity index (χ4n) is 2.53. The highest BCUT2D eigenvalue weighted by atomic mass is 15.2. The van der Waals surface area contributed by atoms with Gasteiger partial charge in [-0.15, -0.1) is 0 Å². The molecule has 3 nitrogen and oxygen atoms in total. The molecule has 3 heteroatoms. The third-order valence-electron chi connectivity index (χ3n) is 3.96. The minimum Gasteiger partial charge on any atom is -0.354 e. The Balaban J connectivity index is 2.23. The van der Waals surface area contributed by atoms with E-state index in [1.807, 2.05) is 19.2 Å². The first-order valence-electron chi connectivity index (χ1n) is 6.57. The zero-order chi connectivity index (χ0) is 12.4. The van der Waals surface area contributed by atoms with E-state index in [0.717, 1.165) is 18.3 Å². The van der Waals surface area contributed by atoms with Crippen LogP contribution in [0, 0.1) is 5.92 Å². The van der Waals surface area contributed by atoms with Gasteiger partial charge in [0.1, 0.15) is 5.82 Å². The van der Waals surface area contributed by atoms with E-state index in [9.17, 15) is 0 Å². The van der Waals surface area contributed by atoms with Crippen LogP contribution in [0.2, 0.25) is 0 Å². The second kappa shape index (κ2) is 5.05. The molecule has 1 fully saturated rings. The van der Waals surface area contributed by atoms with Crippen LogP contribution in [0.5, 0.6) is 0 Å². The maximum absolute atomic E-state index is 5.93. The number of aromatic nitrogens is 1. The van der Waals surface area contributed by atoms with E-state index in [0.29, 0.717) is 6.04 Å². The molecule has 2 heterocycles. The minimum atomic E-state index is 0.0780. The van der Waals surface area contributed by atoms with Crippen molar-refractivity contribution in [3.05, 3.63) is 23.9 Å². The van der Waals surface area contributed by atoms with E-state index >= 15 is 0 Å². The molecule has 2 N–H and O–H groups in total. The maximum atomic E-state index is 5.93. The molecule has 2 unspecified atom stereocenters. The summed E-state index contributed by atoms with van der Waals surface area (Å²) in [5, 5.41) is 0. The average molecular weight is 233 g/mol. The smallest absolute Gasteiger partial charge is 0.129 e. The van der Waals surface area contributed by atoms with Crippen molar-refractivity contribution in [2.75, 3.05) is 11.4 Å². The molecule has 1 aliphatic rings. The van der Waals surface area contributed by atoms with Crippen LogP contribution >= 0.6 is 0 Å². The van der Waals surface area contributed by atoms with E-state index < -0.39 is 0 Å². The molecule has 3 atom stereocenters. The predicted molar refractivity (Wildman–Crippen MR) is 72.0 cm³/mol. The lowest BCUT2D eigenvalue weighted by Gasteiger charge is -2.39. The Bertz CT molecular complexity index is 375. The Morgan fingerprint density at radius 2 is 2.24 bits per heavy atom. The van der Waals surface area contributed by atoms with Crippen molar-refractivity contribution < 1.29 is 0 Å². The van der Waals surface area contributed by atoms with Crippen molar-refractivity contribution in [3.63, 3.8) is 0 Å². The molecule has 0 spiro atoms. The van der Waals surface area contributed by atoms with Gasteiger partial charge in [0.15, 0.2) is 0 Å². The molecule has 1 aliphatic heterocycles. The zero-order valence-corrected chi connectivity index (χ0v) is 11.1. The number of nitrogens with two attached hydrogens (primary N) is 1. The number of hydrogen-bond donors (Lipinski definition) is 1. The van der Waals surface area contributed by atoms with Crippen molar-refractivity contribution in [1.82, 2.24) is 4.98 Å². The van der Waals surface area contributed by atoms with Crippen LogP contribution in [-0.2, 0) is 0 Å². The molecule has 0 aromatic carbocycles. The number of piperidine rings is 1. The highest BCUT2D eigenvalue weighted by Crippen LogP contribution is 2.28. The number of nitrogens with zero attached hydrogens (tertiary/aromatic N) is 2. The van der Waals surface area contributed by atoms with E-state index in [1.54, 1.807) is 0 Å². The first-order chi connectivity index (χ1) is 8.09. The van der Waals surface area contributed by atoms with Crippen LogP contribution in [0.15, 0.2) is 18.3 Å². The Morgan fingerprint density at radius 3 is 2.94 bits per heavy atom. The summed E-state index contributed by atoms with van der Waals surface area (Å²) in [6, 6.07) is 4.79. The van der Waals surface area contributed by atoms with Crippen LogP contribution in [0.1, 0.15) is 45.2 Å². The lowest BCUT2D eigenvalue weighted by Crippen LogP contribution is -2.42. The minimum absolute atomic E-state index is 0.0780. The van der Waals surface area contributed by atoms with Crippen LogP contribution in [0.4, 0.5) is 5.82 Å². The van der Waals surface area contributed by atoms with Gasteiger partial charge in [0, 0.05) is 24.8 Å². The third-order valence-corrected chi connectivity index (χ3v) is 3.96. The molecule has 0 radical (unpaired) electrons. The first-order valence-corrected chi connectivity index (χ1v) is 6.57. The zero-order valence-electron chi connectivity index (χ0n) is 11.1. The van der Waals surface area contributed by atoms with E-state index in [4.69, 9.17) is 5.73 Å². The highest BCUT2D eigenvalue weighted by molar-refractivity contribution is 5.43. The lowest BCUT2D eigenvalue weighted by atomic mass is 9.92. The molecule has 0 amide bonds. The summed E-state index contributed by atoms with van der Waals surface area (Å²) in [4.78, 5) is 6.92. The van der Waals surface area contributed by atoms with Crippen LogP contribution in [0.25, 0.3) is 0 Å². The quantitative estimate of drug-likeness (QED) is 0.854. The van der Waals surface area contributed by atoms with Crippen LogP contribution in [-0.4, -0.2) is 17.6 Å². The van der Waals surface area contributed by atoms with Gasteiger partial charge in [0.2, 0.25) is 0 Å². The van der Waals surface area contributed by atoms with Crippen molar-refractivity contribution in [3.8, 4) is 0 Å². The van der Waals surface area contributed by atoms with Gasteiger partial charge in [0.05, 0.1) is 0 Å². The number of rotatable bonds is 2. The van der Waals surface area contributed by atoms with E-state index in [-0.39, 0.29) is 6.04 Å². The Morgan fingerprint density at radius 1 is 1.47 bits per heavy atom. The molecule has 0 bridgehead atoms. The summed E-state index contributed by atoms with van der Waals surface area (Å²) in [5.41, 5.74) is 7.09. The topological polar surface area (TPSA) is 42.1 Å². The molecule has 1 aromatic rings. The van der Waals surface area contributed by atoms with Crippen molar-refractivity contribution in [1.29, 1.82) is 0 Å². The Kier molecular flexibility index (Phi) is 3.67. The van der Waals surface area contributed by atoms with Gasteiger partial charge < -0.3 is 10.6 Å². The van der Waals surface area contributed by atoms with Gasteiger partial charge in [-0.05, 0) is 50.3 Å². The van der Waals surface area contributed by atoms with Gasteiger partial charge in [-0.25, -0.2) is 4.98 Å². The van der Waals surface area contributed by atoms with Gasteiger partial charge >= 0.3 is 0 Å². The normalized spacial score (nSPS) is 26.9. The summed E-state index contributed by atoms with van der Waals surface area (Å²) in [6.45, 7) is 7.75. The van der Waals surface area contributed by atoms with E-state index in [1.165, 1.54) is 18.4 Å². The summed E-state index contributed by atoms with van der Waals surface area (Å²) in [7, 11) is 0. The Hall–Kier alpha value is -1.09. The van der Waals surface area contributed by atoms with Crippen molar-refractivity contribution in [2.24, 2.45) is 11.7 Å². The molecule has 1 aromatic heterocycles.